The van der Waals surface area contributed by atoms with Gasteiger partial charge in [-0.15, -0.1) is 0 Å². The zero-order chi connectivity index (χ0) is 20.4. The molecule has 1 aromatic heterocycles. The van der Waals surface area contributed by atoms with E-state index < -0.39 is 15.6 Å². The van der Waals surface area contributed by atoms with Gasteiger partial charge in [0.25, 0.3) is 0 Å². The number of nitrogens with two attached hydrogens (primary N) is 1. The third-order valence-corrected chi connectivity index (χ3v) is 5.74. The lowest BCUT2D eigenvalue weighted by molar-refractivity contribution is 0.306. The predicted molar refractivity (Wildman–Crippen MR) is 110 cm³/mol. The van der Waals surface area contributed by atoms with Crippen LogP contribution in [0.25, 0.3) is 11.0 Å². The summed E-state index contributed by atoms with van der Waals surface area (Å²) in [6.45, 7) is 3.62. The van der Waals surface area contributed by atoms with Gasteiger partial charge in [-0.25, -0.2) is 18.4 Å². The summed E-state index contributed by atoms with van der Waals surface area (Å²) in [5.74, 6) is 0.550. The topological polar surface area (TPSA) is 115 Å². The lowest BCUT2D eigenvalue weighted by atomic mass is 10.1. The molecule has 0 bridgehead atoms. The number of nitrogens with zero attached hydrogens (tertiary/aromatic N) is 1. The van der Waals surface area contributed by atoms with Crippen molar-refractivity contribution < 1.29 is 17.6 Å². The number of rotatable bonds is 5. The molecule has 3 N–H and O–H groups in total. The summed E-state index contributed by atoms with van der Waals surface area (Å²) in [6, 6.07) is 13.1. The molecular formula is C20H21N3O5S. The summed E-state index contributed by atoms with van der Waals surface area (Å²) in [5, 5.41) is 9.26. The van der Waals surface area contributed by atoms with Crippen LogP contribution in [0.3, 0.4) is 0 Å². The fourth-order valence-electron chi connectivity index (χ4n) is 3.33. The molecule has 152 valence electrons. The highest BCUT2D eigenvalue weighted by atomic mass is 32.2. The summed E-state index contributed by atoms with van der Waals surface area (Å²) < 4.78 is 33.8. The van der Waals surface area contributed by atoms with E-state index in [1.807, 2.05) is 12.1 Å². The van der Waals surface area contributed by atoms with Crippen molar-refractivity contribution in [2.24, 2.45) is 5.14 Å². The maximum atomic E-state index is 12.0. The second-order valence-electron chi connectivity index (χ2n) is 6.82. The molecule has 0 aliphatic carbocycles. The van der Waals surface area contributed by atoms with Gasteiger partial charge in [-0.2, -0.15) is 0 Å². The van der Waals surface area contributed by atoms with E-state index in [1.54, 1.807) is 18.2 Å². The Balaban J connectivity index is 1.55. The largest absolute Gasteiger partial charge is 0.489 e. The minimum absolute atomic E-state index is 0.0502. The van der Waals surface area contributed by atoms with Gasteiger partial charge >= 0.3 is 5.63 Å². The summed E-state index contributed by atoms with van der Waals surface area (Å²) in [6.07, 6.45) is 0. The number of primary sulfonamides is 1. The summed E-state index contributed by atoms with van der Waals surface area (Å²) in [7, 11) is -3.72. The molecule has 0 unspecified atom stereocenters. The lowest BCUT2D eigenvalue weighted by Gasteiger charge is -2.29. The average molecular weight is 415 g/mol. The molecule has 3 aromatic rings. The number of ether oxygens (including phenoxy) is 1. The van der Waals surface area contributed by atoms with Crippen LogP contribution in [0.5, 0.6) is 5.75 Å². The third-order valence-electron chi connectivity index (χ3n) is 4.81. The molecule has 1 saturated heterocycles. The van der Waals surface area contributed by atoms with E-state index >= 15 is 0 Å². The summed E-state index contributed by atoms with van der Waals surface area (Å²) in [5.41, 5.74) is 1.71. The van der Waals surface area contributed by atoms with Crippen LogP contribution in [0.2, 0.25) is 0 Å². The number of sulfonamides is 1. The first-order valence-corrected chi connectivity index (χ1v) is 10.7. The molecule has 1 aliphatic heterocycles. The van der Waals surface area contributed by atoms with Crippen LogP contribution in [-0.2, 0) is 16.6 Å². The Morgan fingerprint density at radius 3 is 2.48 bits per heavy atom. The number of hydrogen-bond acceptors (Lipinski definition) is 7. The molecule has 0 atom stereocenters. The van der Waals surface area contributed by atoms with Crippen molar-refractivity contribution in [3.05, 3.63) is 64.5 Å². The highest BCUT2D eigenvalue weighted by Gasteiger charge is 2.16. The van der Waals surface area contributed by atoms with Gasteiger partial charge in [0.1, 0.15) is 17.9 Å². The second kappa shape index (κ2) is 7.86. The molecule has 9 heteroatoms. The summed E-state index contributed by atoms with van der Waals surface area (Å²) in [4.78, 5) is 14.3. The lowest BCUT2D eigenvalue weighted by Crippen LogP contribution is -2.43. The van der Waals surface area contributed by atoms with Crippen LogP contribution < -0.4 is 25.7 Å². The van der Waals surface area contributed by atoms with Crippen molar-refractivity contribution >= 4 is 26.7 Å². The van der Waals surface area contributed by atoms with E-state index in [0.29, 0.717) is 11.3 Å². The SMILES string of the molecule is NS(=O)(=O)c1ccc(COc2ccc3c(N4CCNCC4)cc(=O)oc3c2)cc1. The minimum Gasteiger partial charge on any atom is -0.489 e. The van der Waals surface area contributed by atoms with Crippen LogP contribution >= 0.6 is 0 Å². The maximum absolute atomic E-state index is 12.0. The molecule has 1 fully saturated rings. The predicted octanol–water partition coefficient (Wildman–Crippen LogP) is 1.43. The van der Waals surface area contributed by atoms with Gasteiger partial charge in [0.2, 0.25) is 10.0 Å². The number of nitrogens with one attached hydrogen (secondary N) is 1. The molecule has 1 aliphatic rings. The third kappa shape index (κ3) is 4.42. The van der Waals surface area contributed by atoms with Crippen molar-refractivity contribution in [2.75, 3.05) is 31.1 Å². The van der Waals surface area contributed by atoms with Gasteiger partial charge < -0.3 is 19.4 Å². The highest BCUT2D eigenvalue weighted by molar-refractivity contribution is 7.89. The monoisotopic (exact) mass is 415 g/mol. The van der Waals surface area contributed by atoms with Crippen molar-refractivity contribution in [2.45, 2.75) is 11.5 Å². The van der Waals surface area contributed by atoms with Crippen LogP contribution in [0.4, 0.5) is 5.69 Å². The van der Waals surface area contributed by atoms with Gasteiger partial charge in [0.05, 0.1) is 10.6 Å². The van der Waals surface area contributed by atoms with Gasteiger partial charge in [-0.05, 0) is 29.8 Å². The van der Waals surface area contributed by atoms with Crippen LogP contribution in [0.15, 0.2) is 62.6 Å². The average Bonchev–Trinajstić information content (AvgIpc) is 2.71. The normalized spacial score (nSPS) is 14.9. The van der Waals surface area contributed by atoms with E-state index in [0.717, 1.165) is 42.8 Å². The van der Waals surface area contributed by atoms with Gasteiger partial charge in [0, 0.05) is 43.7 Å². The Morgan fingerprint density at radius 1 is 1.07 bits per heavy atom. The Hall–Kier alpha value is -2.88. The number of benzene rings is 2. The first-order valence-electron chi connectivity index (χ1n) is 9.18. The molecule has 2 aromatic carbocycles. The fraction of sp³-hybridized carbons (Fsp3) is 0.250. The van der Waals surface area contributed by atoms with E-state index in [4.69, 9.17) is 14.3 Å². The molecule has 0 radical (unpaired) electrons. The quantitative estimate of drug-likeness (QED) is 0.606. The summed E-state index contributed by atoms with van der Waals surface area (Å²) >= 11 is 0. The molecule has 2 heterocycles. The van der Waals surface area contributed by atoms with Crippen LogP contribution in [-0.4, -0.2) is 34.6 Å². The molecule has 0 spiro atoms. The van der Waals surface area contributed by atoms with Crippen molar-refractivity contribution in [1.82, 2.24) is 5.32 Å². The van der Waals surface area contributed by atoms with Crippen molar-refractivity contribution in [3.8, 4) is 5.75 Å². The van der Waals surface area contributed by atoms with Gasteiger partial charge in [-0.1, -0.05) is 12.1 Å². The number of anilines is 1. The minimum atomic E-state index is -3.72. The van der Waals surface area contributed by atoms with Crippen LogP contribution in [0, 0.1) is 0 Å². The van der Waals surface area contributed by atoms with E-state index in [9.17, 15) is 13.2 Å². The zero-order valence-electron chi connectivity index (χ0n) is 15.6. The van der Waals surface area contributed by atoms with Gasteiger partial charge in [-0.3, -0.25) is 0 Å². The molecule has 0 saturated carbocycles. The van der Waals surface area contributed by atoms with Crippen molar-refractivity contribution in [3.63, 3.8) is 0 Å². The molecular weight excluding hydrogens is 394 g/mol. The van der Waals surface area contributed by atoms with Crippen LogP contribution in [0.1, 0.15) is 5.56 Å². The second-order valence-corrected chi connectivity index (χ2v) is 8.38. The van der Waals surface area contributed by atoms with E-state index in [2.05, 4.69) is 10.2 Å². The van der Waals surface area contributed by atoms with Crippen molar-refractivity contribution in [1.29, 1.82) is 0 Å². The van der Waals surface area contributed by atoms with Gasteiger partial charge in [0.15, 0.2) is 0 Å². The van der Waals surface area contributed by atoms with E-state index in [-0.39, 0.29) is 11.5 Å². The molecule has 29 heavy (non-hydrogen) atoms. The zero-order valence-corrected chi connectivity index (χ0v) is 16.4. The highest BCUT2D eigenvalue weighted by Crippen LogP contribution is 2.29. The number of fused-ring (bicyclic) bond motifs is 1. The first kappa shape index (κ1) is 19.4. The Morgan fingerprint density at radius 2 is 1.79 bits per heavy atom. The fourth-order valence-corrected chi connectivity index (χ4v) is 3.84. The molecule has 4 rings (SSSR count). The smallest absolute Gasteiger partial charge is 0.338 e. The molecule has 0 amide bonds. The molecule has 8 nitrogen and oxygen atoms in total. The van der Waals surface area contributed by atoms with E-state index in [1.165, 1.54) is 18.2 Å². The number of piperazine rings is 1. The Labute approximate surface area is 167 Å². The Bertz CT molecular complexity index is 1180. The maximum Gasteiger partial charge on any atom is 0.338 e. The Kier molecular flexibility index (Phi) is 5.27. The number of hydrogen-bond donors (Lipinski definition) is 2. The first-order chi connectivity index (χ1) is 13.9. The standard InChI is InChI=1S/C20H21N3O5S/c21-29(25,26)16-4-1-14(2-5-16)13-27-15-3-6-17-18(23-9-7-22-8-10-23)12-20(24)28-19(17)11-15/h1-6,11-12,22H,7-10,13H2,(H2,21,25,26).